The fourth-order valence-electron chi connectivity index (χ4n) is 3.01. The molecule has 0 atom stereocenters. The van der Waals surface area contributed by atoms with Gasteiger partial charge < -0.3 is 4.57 Å². The molecule has 0 spiro atoms. The topological polar surface area (TPSA) is 52.7 Å². The highest BCUT2D eigenvalue weighted by atomic mass is 32.1. The predicted octanol–water partition coefficient (Wildman–Crippen LogP) is 3.18. The molecule has 0 aliphatic heterocycles. The Morgan fingerprint density at radius 1 is 1.30 bits per heavy atom. The fourth-order valence-corrected chi connectivity index (χ4v) is 4.03. The van der Waals surface area contributed by atoms with Crippen LogP contribution in [0.2, 0.25) is 0 Å². The number of aromatic nitrogens is 4. The molecule has 0 bridgehead atoms. The van der Waals surface area contributed by atoms with Crippen LogP contribution in [0.25, 0.3) is 21.1 Å². The Labute approximate surface area is 136 Å². The first-order valence-electron chi connectivity index (χ1n) is 7.57. The summed E-state index contributed by atoms with van der Waals surface area (Å²) in [5.74, 6) is 0. The molecule has 0 N–H and O–H groups in total. The molecule has 6 heteroatoms. The summed E-state index contributed by atoms with van der Waals surface area (Å²) in [5, 5.41) is 5.31. The summed E-state index contributed by atoms with van der Waals surface area (Å²) in [7, 11) is 0. The van der Waals surface area contributed by atoms with Gasteiger partial charge in [-0.15, -0.1) is 11.3 Å². The summed E-state index contributed by atoms with van der Waals surface area (Å²) >= 11 is 1.72. The van der Waals surface area contributed by atoms with Gasteiger partial charge in [-0.25, -0.2) is 4.68 Å². The third kappa shape index (κ3) is 2.17. The molecule has 5 nitrogen and oxygen atoms in total. The predicted molar refractivity (Wildman–Crippen MR) is 93.1 cm³/mol. The Kier molecular flexibility index (Phi) is 3.27. The van der Waals surface area contributed by atoms with Crippen LogP contribution in [0.15, 0.2) is 41.5 Å². The highest BCUT2D eigenvalue weighted by Crippen LogP contribution is 2.33. The molecule has 0 amide bonds. The van der Waals surface area contributed by atoms with Crippen molar-refractivity contribution in [1.29, 1.82) is 0 Å². The van der Waals surface area contributed by atoms with Gasteiger partial charge in [-0.1, -0.05) is 6.07 Å². The van der Waals surface area contributed by atoms with E-state index < -0.39 is 0 Å². The lowest BCUT2D eigenvalue weighted by molar-refractivity contribution is 0.631. The van der Waals surface area contributed by atoms with E-state index in [1.807, 2.05) is 24.4 Å². The van der Waals surface area contributed by atoms with Gasteiger partial charge in [-0.2, -0.15) is 5.10 Å². The van der Waals surface area contributed by atoms with Crippen LogP contribution < -0.4 is 5.56 Å². The molecule has 4 aromatic rings. The van der Waals surface area contributed by atoms with Crippen molar-refractivity contribution in [3.8, 4) is 0 Å². The van der Waals surface area contributed by atoms with Crippen LogP contribution in [-0.2, 0) is 13.1 Å². The van der Waals surface area contributed by atoms with Crippen LogP contribution in [-0.4, -0.2) is 19.3 Å². The number of rotatable bonds is 3. The SMILES string of the molecule is CCn1c2cc(C)sc2c2cnn(Cc3ccccn3)c(=O)c21. The van der Waals surface area contributed by atoms with Gasteiger partial charge in [0, 0.05) is 23.0 Å². The van der Waals surface area contributed by atoms with E-state index in [0.717, 1.165) is 33.4 Å². The molecule has 4 rings (SSSR count). The molecule has 0 fully saturated rings. The third-order valence-corrected chi connectivity index (χ3v) is 5.09. The van der Waals surface area contributed by atoms with E-state index in [-0.39, 0.29) is 5.56 Å². The molecular formula is C17H16N4OS. The Balaban J connectivity index is 1.96. The van der Waals surface area contributed by atoms with Crippen molar-refractivity contribution in [2.75, 3.05) is 0 Å². The van der Waals surface area contributed by atoms with Crippen LogP contribution >= 0.6 is 11.3 Å². The van der Waals surface area contributed by atoms with Crippen molar-refractivity contribution in [3.63, 3.8) is 0 Å². The average Bonchev–Trinajstić information content (AvgIpc) is 3.06. The van der Waals surface area contributed by atoms with Crippen LogP contribution in [0.4, 0.5) is 0 Å². The summed E-state index contributed by atoms with van der Waals surface area (Å²) in [6.45, 7) is 5.30. The Morgan fingerprint density at radius 3 is 2.91 bits per heavy atom. The van der Waals surface area contributed by atoms with E-state index in [4.69, 9.17) is 0 Å². The smallest absolute Gasteiger partial charge is 0.291 e. The summed E-state index contributed by atoms with van der Waals surface area (Å²) in [4.78, 5) is 18.4. The molecule has 0 aliphatic carbocycles. The van der Waals surface area contributed by atoms with Gasteiger partial charge in [-0.3, -0.25) is 9.78 Å². The van der Waals surface area contributed by atoms with Gasteiger partial charge in [0.05, 0.1) is 28.7 Å². The van der Waals surface area contributed by atoms with Crippen LogP contribution in [0.3, 0.4) is 0 Å². The average molecular weight is 324 g/mol. The second-order valence-electron chi connectivity index (χ2n) is 5.51. The fraction of sp³-hybridized carbons (Fsp3) is 0.235. The number of nitrogens with zero attached hydrogens (tertiary/aromatic N) is 4. The van der Waals surface area contributed by atoms with Crippen LogP contribution in [0.1, 0.15) is 17.5 Å². The number of pyridine rings is 1. The third-order valence-electron chi connectivity index (χ3n) is 4.01. The summed E-state index contributed by atoms with van der Waals surface area (Å²) in [6.07, 6.45) is 3.54. The molecular weight excluding hydrogens is 308 g/mol. The normalized spacial score (nSPS) is 11.6. The van der Waals surface area contributed by atoms with E-state index in [0.29, 0.717) is 6.54 Å². The Morgan fingerprint density at radius 2 is 2.17 bits per heavy atom. The standard InChI is InChI=1S/C17H16N4OS/c1-3-20-14-8-11(2)23-16(14)13-9-19-21(17(22)15(13)20)10-12-6-4-5-7-18-12/h4-9H,3,10H2,1-2H3. The van der Waals surface area contributed by atoms with Crippen LogP contribution in [0, 0.1) is 6.92 Å². The Bertz CT molecular complexity index is 1060. The molecule has 0 unspecified atom stereocenters. The van der Waals surface area contributed by atoms with E-state index in [2.05, 4.69) is 34.6 Å². The molecule has 4 heterocycles. The lowest BCUT2D eigenvalue weighted by Crippen LogP contribution is -2.25. The first kappa shape index (κ1) is 14.1. The summed E-state index contributed by atoms with van der Waals surface area (Å²) in [5.41, 5.74) is 2.63. The van der Waals surface area contributed by atoms with Crippen molar-refractivity contribution < 1.29 is 0 Å². The second-order valence-corrected chi connectivity index (χ2v) is 6.76. The highest BCUT2D eigenvalue weighted by Gasteiger charge is 2.17. The van der Waals surface area contributed by atoms with Gasteiger partial charge in [0.25, 0.3) is 5.56 Å². The first-order valence-corrected chi connectivity index (χ1v) is 8.39. The van der Waals surface area contributed by atoms with Gasteiger partial charge in [0.15, 0.2) is 0 Å². The van der Waals surface area contributed by atoms with Gasteiger partial charge in [0.2, 0.25) is 0 Å². The number of aryl methyl sites for hydroxylation is 2. The van der Waals surface area contributed by atoms with Crippen molar-refractivity contribution in [2.24, 2.45) is 0 Å². The largest absolute Gasteiger partial charge is 0.335 e. The van der Waals surface area contributed by atoms with E-state index in [9.17, 15) is 4.79 Å². The molecule has 116 valence electrons. The second kappa shape index (κ2) is 5.31. The first-order chi connectivity index (χ1) is 11.2. The maximum Gasteiger partial charge on any atom is 0.291 e. The summed E-state index contributed by atoms with van der Waals surface area (Å²) in [6, 6.07) is 7.83. The zero-order valence-corrected chi connectivity index (χ0v) is 13.8. The van der Waals surface area contributed by atoms with Crippen molar-refractivity contribution in [2.45, 2.75) is 26.9 Å². The molecule has 0 aliphatic rings. The minimum atomic E-state index is -0.0592. The number of hydrogen-bond acceptors (Lipinski definition) is 4. The van der Waals surface area contributed by atoms with Gasteiger partial charge >= 0.3 is 0 Å². The zero-order chi connectivity index (χ0) is 16.0. The van der Waals surface area contributed by atoms with Crippen molar-refractivity contribution >= 4 is 32.5 Å². The quantitative estimate of drug-likeness (QED) is 0.581. The summed E-state index contributed by atoms with van der Waals surface area (Å²) < 4.78 is 4.73. The highest BCUT2D eigenvalue weighted by molar-refractivity contribution is 7.20. The molecule has 0 aromatic carbocycles. The maximum absolute atomic E-state index is 12.9. The molecule has 0 saturated carbocycles. The maximum atomic E-state index is 12.9. The van der Waals surface area contributed by atoms with E-state index in [1.54, 1.807) is 17.5 Å². The zero-order valence-electron chi connectivity index (χ0n) is 13.0. The van der Waals surface area contributed by atoms with Crippen LogP contribution in [0.5, 0.6) is 0 Å². The molecule has 0 radical (unpaired) electrons. The van der Waals surface area contributed by atoms with E-state index in [1.165, 1.54) is 9.56 Å². The monoisotopic (exact) mass is 324 g/mol. The molecule has 0 saturated heterocycles. The van der Waals surface area contributed by atoms with Gasteiger partial charge in [-0.05, 0) is 32.0 Å². The lowest BCUT2D eigenvalue weighted by atomic mass is 10.3. The number of thiophene rings is 1. The minimum absolute atomic E-state index is 0.0592. The molecule has 4 aromatic heterocycles. The number of fused-ring (bicyclic) bond motifs is 3. The van der Waals surface area contributed by atoms with Crippen molar-refractivity contribution in [3.05, 3.63) is 57.6 Å². The number of hydrogen-bond donors (Lipinski definition) is 0. The van der Waals surface area contributed by atoms with Crippen molar-refractivity contribution in [1.82, 2.24) is 19.3 Å². The lowest BCUT2D eigenvalue weighted by Gasteiger charge is -2.06. The Hall–Kier alpha value is -2.47. The van der Waals surface area contributed by atoms with Gasteiger partial charge in [0.1, 0.15) is 5.52 Å². The minimum Gasteiger partial charge on any atom is -0.335 e. The molecule has 23 heavy (non-hydrogen) atoms. The van der Waals surface area contributed by atoms with E-state index >= 15 is 0 Å².